The molecule has 9 heavy (non-hydrogen) atoms. The number of nitrogens with one attached hydrogen (secondary N) is 1. The molecule has 0 amide bonds. The lowest BCUT2D eigenvalue weighted by molar-refractivity contribution is 0.231. The SMILES string of the molecule is CN[C@@H](CO)CC(C)C. The molecule has 0 bridgehead atoms. The number of aliphatic hydroxyl groups excluding tert-OH is 1. The van der Waals surface area contributed by atoms with Gasteiger partial charge < -0.3 is 10.4 Å². The zero-order valence-electron chi connectivity index (χ0n) is 6.52. The molecule has 56 valence electrons. The Hall–Kier alpha value is -0.0800. The molecule has 1 atom stereocenters. The molecule has 2 nitrogen and oxygen atoms in total. The highest BCUT2D eigenvalue weighted by atomic mass is 16.3. The lowest BCUT2D eigenvalue weighted by Gasteiger charge is -2.14. The van der Waals surface area contributed by atoms with E-state index in [1.54, 1.807) is 0 Å². The van der Waals surface area contributed by atoms with E-state index in [9.17, 15) is 0 Å². The van der Waals surface area contributed by atoms with Gasteiger partial charge in [-0.15, -0.1) is 0 Å². The maximum absolute atomic E-state index is 8.71. The van der Waals surface area contributed by atoms with Gasteiger partial charge >= 0.3 is 0 Å². The smallest absolute Gasteiger partial charge is 0.0584 e. The minimum Gasteiger partial charge on any atom is -0.395 e. The van der Waals surface area contributed by atoms with E-state index >= 15 is 0 Å². The summed E-state index contributed by atoms with van der Waals surface area (Å²) >= 11 is 0. The third-order valence-electron chi connectivity index (χ3n) is 1.38. The molecular formula is C7H17NO. The van der Waals surface area contributed by atoms with Crippen LogP contribution >= 0.6 is 0 Å². The molecule has 0 fully saturated rings. The number of likely N-dealkylation sites (N-methyl/N-ethyl adjacent to an activating group) is 1. The zero-order chi connectivity index (χ0) is 7.28. The van der Waals surface area contributed by atoms with Crippen LogP contribution < -0.4 is 5.32 Å². The minimum absolute atomic E-state index is 0.245. The normalized spacial score (nSPS) is 14.3. The van der Waals surface area contributed by atoms with Gasteiger partial charge in [0.1, 0.15) is 0 Å². The molecule has 2 N–H and O–H groups in total. The summed E-state index contributed by atoms with van der Waals surface area (Å²) in [6, 6.07) is 0.282. The van der Waals surface area contributed by atoms with Crippen molar-refractivity contribution in [1.82, 2.24) is 5.32 Å². The molecular weight excluding hydrogens is 114 g/mol. The van der Waals surface area contributed by atoms with Crippen LogP contribution in [-0.4, -0.2) is 24.8 Å². The second kappa shape index (κ2) is 4.77. The highest BCUT2D eigenvalue weighted by molar-refractivity contribution is 4.63. The molecule has 0 radical (unpaired) electrons. The fourth-order valence-electron chi connectivity index (χ4n) is 0.853. The van der Waals surface area contributed by atoms with Crippen molar-refractivity contribution in [3.05, 3.63) is 0 Å². The molecule has 0 aliphatic rings. The molecule has 0 unspecified atom stereocenters. The molecule has 0 spiro atoms. The summed E-state index contributed by atoms with van der Waals surface area (Å²) in [5, 5.41) is 11.7. The van der Waals surface area contributed by atoms with Crippen LogP contribution in [0.25, 0.3) is 0 Å². The van der Waals surface area contributed by atoms with Gasteiger partial charge in [-0.3, -0.25) is 0 Å². The fraction of sp³-hybridized carbons (Fsp3) is 1.00. The topological polar surface area (TPSA) is 32.3 Å². The highest BCUT2D eigenvalue weighted by Crippen LogP contribution is 2.02. The Balaban J connectivity index is 3.31. The number of rotatable bonds is 4. The highest BCUT2D eigenvalue weighted by Gasteiger charge is 2.04. The van der Waals surface area contributed by atoms with Crippen molar-refractivity contribution in [3.63, 3.8) is 0 Å². The lowest BCUT2D eigenvalue weighted by atomic mass is 10.1. The van der Waals surface area contributed by atoms with Crippen LogP contribution in [0.3, 0.4) is 0 Å². The van der Waals surface area contributed by atoms with Crippen molar-refractivity contribution in [2.24, 2.45) is 5.92 Å². The van der Waals surface area contributed by atoms with Crippen molar-refractivity contribution in [2.45, 2.75) is 26.3 Å². The molecule has 0 rings (SSSR count). The first-order valence-corrected chi connectivity index (χ1v) is 3.48. The third-order valence-corrected chi connectivity index (χ3v) is 1.38. The average Bonchev–Trinajstić information content (AvgIpc) is 1.82. The van der Waals surface area contributed by atoms with Crippen LogP contribution in [0.5, 0.6) is 0 Å². The Morgan fingerprint density at radius 1 is 1.44 bits per heavy atom. The van der Waals surface area contributed by atoms with Crippen LogP contribution in [0.2, 0.25) is 0 Å². The lowest BCUT2D eigenvalue weighted by Crippen LogP contribution is -2.30. The quantitative estimate of drug-likeness (QED) is 0.586. The van der Waals surface area contributed by atoms with E-state index in [4.69, 9.17) is 5.11 Å². The van der Waals surface area contributed by atoms with E-state index < -0.39 is 0 Å². The summed E-state index contributed by atoms with van der Waals surface area (Å²) in [4.78, 5) is 0. The van der Waals surface area contributed by atoms with Gasteiger partial charge in [0.25, 0.3) is 0 Å². The van der Waals surface area contributed by atoms with E-state index in [0.29, 0.717) is 5.92 Å². The van der Waals surface area contributed by atoms with E-state index in [1.807, 2.05) is 7.05 Å². The largest absolute Gasteiger partial charge is 0.395 e. The monoisotopic (exact) mass is 131 g/mol. The average molecular weight is 131 g/mol. The van der Waals surface area contributed by atoms with Crippen LogP contribution in [-0.2, 0) is 0 Å². The summed E-state index contributed by atoms with van der Waals surface area (Å²) in [6.45, 7) is 4.55. The van der Waals surface area contributed by atoms with Crippen LogP contribution in [0, 0.1) is 5.92 Å². The van der Waals surface area contributed by atoms with Crippen molar-refractivity contribution in [1.29, 1.82) is 0 Å². The Kier molecular flexibility index (Phi) is 4.72. The maximum atomic E-state index is 8.71. The van der Waals surface area contributed by atoms with Crippen molar-refractivity contribution in [3.8, 4) is 0 Å². The van der Waals surface area contributed by atoms with E-state index in [-0.39, 0.29) is 12.6 Å². The first-order valence-electron chi connectivity index (χ1n) is 3.48. The predicted molar refractivity (Wildman–Crippen MR) is 39.4 cm³/mol. The Morgan fingerprint density at radius 3 is 2.11 bits per heavy atom. The molecule has 0 aliphatic heterocycles. The summed E-state index contributed by atoms with van der Waals surface area (Å²) in [6.07, 6.45) is 1.05. The van der Waals surface area contributed by atoms with E-state index in [1.165, 1.54) is 0 Å². The van der Waals surface area contributed by atoms with Gasteiger partial charge in [-0.25, -0.2) is 0 Å². The van der Waals surface area contributed by atoms with Gasteiger partial charge in [0.05, 0.1) is 6.61 Å². The van der Waals surface area contributed by atoms with Gasteiger partial charge in [-0.05, 0) is 19.4 Å². The molecule has 2 heteroatoms. The van der Waals surface area contributed by atoms with Gasteiger partial charge in [0.2, 0.25) is 0 Å². The van der Waals surface area contributed by atoms with E-state index in [0.717, 1.165) is 6.42 Å². The van der Waals surface area contributed by atoms with Crippen LogP contribution in [0.1, 0.15) is 20.3 Å². The van der Waals surface area contributed by atoms with Crippen molar-refractivity contribution < 1.29 is 5.11 Å². The Morgan fingerprint density at radius 2 is 2.00 bits per heavy atom. The second-order valence-electron chi connectivity index (χ2n) is 2.80. The third kappa shape index (κ3) is 4.43. The van der Waals surface area contributed by atoms with Crippen LogP contribution in [0.4, 0.5) is 0 Å². The number of hydrogen-bond acceptors (Lipinski definition) is 2. The number of aliphatic hydroxyl groups is 1. The molecule has 0 aromatic heterocycles. The predicted octanol–water partition coefficient (Wildman–Crippen LogP) is 0.613. The van der Waals surface area contributed by atoms with Crippen LogP contribution in [0.15, 0.2) is 0 Å². The Labute approximate surface area is 57.3 Å². The van der Waals surface area contributed by atoms with E-state index in [2.05, 4.69) is 19.2 Å². The zero-order valence-corrected chi connectivity index (χ0v) is 6.52. The van der Waals surface area contributed by atoms with Gasteiger partial charge in [0.15, 0.2) is 0 Å². The molecule has 0 saturated heterocycles. The maximum Gasteiger partial charge on any atom is 0.0584 e. The second-order valence-corrected chi connectivity index (χ2v) is 2.80. The minimum atomic E-state index is 0.245. The summed E-state index contributed by atoms with van der Waals surface area (Å²) < 4.78 is 0. The summed E-state index contributed by atoms with van der Waals surface area (Å²) in [7, 11) is 1.88. The first-order chi connectivity index (χ1) is 4.20. The van der Waals surface area contributed by atoms with Crippen molar-refractivity contribution >= 4 is 0 Å². The van der Waals surface area contributed by atoms with Gasteiger partial charge in [-0.1, -0.05) is 13.8 Å². The molecule has 0 aromatic rings. The van der Waals surface area contributed by atoms with Gasteiger partial charge in [0, 0.05) is 6.04 Å². The summed E-state index contributed by atoms with van der Waals surface area (Å²) in [5.41, 5.74) is 0. The molecule has 0 saturated carbocycles. The standard InChI is InChI=1S/C7H17NO/c1-6(2)4-7(5-9)8-3/h6-9H,4-5H2,1-3H3/t7-/m1/s1. The van der Waals surface area contributed by atoms with Crippen molar-refractivity contribution in [2.75, 3.05) is 13.7 Å². The number of hydrogen-bond donors (Lipinski definition) is 2. The first kappa shape index (κ1) is 8.92. The van der Waals surface area contributed by atoms with Gasteiger partial charge in [-0.2, -0.15) is 0 Å². The fourth-order valence-corrected chi connectivity index (χ4v) is 0.853. The molecule has 0 aromatic carbocycles. The molecule has 0 aliphatic carbocycles. The Bertz CT molecular complexity index is 59.9. The summed E-state index contributed by atoms with van der Waals surface area (Å²) in [5.74, 6) is 0.662. The molecule has 0 heterocycles.